The number of hydrogen-bond donors (Lipinski definition) is 0. The van der Waals surface area contributed by atoms with Gasteiger partial charge < -0.3 is 0 Å². The summed E-state index contributed by atoms with van der Waals surface area (Å²) in [5.74, 6) is 0. The van der Waals surface area contributed by atoms with Gasteiger partial charge in [-0.25, -0.2) is 0 Å². The van der Waals surface area contributed by atoms with Crippen molar-refractivity contribution >= 4 is 21.6 Å². The Morgan fingerprint density at radius 2 is 0.935 bits per heavy atom. The molecule has 0 radical (unpaired) electrons. The maximum absolute atomic E-state index is 3.00. The number of halogens is 1. The highest BCUT2D eigenvalue weighted by molar-refractivity contribution is 7.18. The van der Waals surface area contributed by atoms with E-state index in [-0.39, 0.29) is 17.6 Å². The summed E-state index contributed by atoms with van der Waals surface area (Å²) in [5, 5.41) is 0.185. The number of rotatable bonds is 20. The first-order valence-electron chi connectivity index (χ1n) is 13.4. The van der Waals surface area contributed by atoms with Crippen molar-refractivity contribution in [2.24, 2.45) is 0 Å². The quantitative estimate of drug-likeness (QED) is 0.132. The Hall–Kier alpha value is -0.0600. The summed E-state index contributed by atoms with van der Waals surface area (Å²) in [6.45, 7) is 6.90. The van der Waals surface area contributed by atoms with Crippen LogP contribution in [-0.2, 0) is 11.6 Å². The molecule has 0 aliphatic carbocycles. The van der Waals surface area contributed by atoms with Crippen LogP contribution < -0.4 is 0 Å². The molecule has 1 rings (SSSR count). The predicted molar refractivity (Wildman–Crippen MR) is 149 cm³/mol. The second-order valence-electron chi connectivity index (χ2n) is 10.1. The minimum atomic E-state index is 0. The second-order valence-corrected chi connectivity index (χ2v) is 11.6. The Morgan fingerprint density at radius 3 is 1.32 bits per heavy atom. The highest BCUT2D eigenvalue weighted by Gasteiger charge is 2.16. The molecule has 1 unspecified atom stereocenters. The van der Waals surface area contributed by atoms with Gasteiger partial charge in [-0.05, 0) is 24.0 Å². The molecule has 1 atom stereocenters. The van der Waals surface area contributed by atoms with Crippen LogP contribution in [-0.4, -0.2) is 0 Å². The SMILES string of the molecule is CCCCCCCCCCCCCCCCCCCCc1ccccc1C(C)(C)P.Cl. The Balaban J connectivity index is 0.00000900. The van der Waals surface area contributed by atoms with Gasteiger partial charge in [0.15, 0.2) is 0 Å². The molecule has 0 bridgehead atoms. The van der Waals surface area contributed by atoms with Crippen LogP contribution in [0.1, 0.15) is 147 Å². The van der Waals surface area contributed by atoms with E-state index in [0.717, 1.165) is 0 Å². The smallest absolute Gasteiger partial charge is 0.00440 e. The van der Waals surface area contributed by atoms with Crippen LogP contribution in [0.2, 0.25) is 0 Å². The van der Waals surface area contributed by atoms with E-state index >= 15 is 0 Å². The molecule has 0 amide bonds. The van der Waals surface area contributed by atoms with Gasteiger partial charge in [0.25, 0.3) is 0 Å². The first-order chi connectivity index (χ1) is 14.6. The van der Waals surface area contributed by atoms with E-state index in [1.165, 1.54) is 128 Å². The summed E-state index contributed by atoms with van der Waals surface area (Å²) in [6, 6.07) is 9.01. The fraction of sp³-hybridized carbons (Fsp3) is 0.793. The van der Waals surface area contributed by atoms with Crippen LogP contribution >= 0.6 is 21.6 Å². The van der Waals surface area contributed by atoms with Gasteiger partial charge in [0, 0.05) is 5.16 Å². The van der Waals surface area contributed by atoms with Crippen LogP contribution in [0.5, 0.6) is 0 Å². The largest absolute Gasteiger partial charge is 0.147 e. The van der Waals surface area contributed by atoms with E-state index in [1.54, 1.807) is 5.56 Å². The highest BCUT2D eigenvalue weighted by atomic mass is 35.5. The Kier molecular flexibility index (Phi) is 20.5. The number of benzene rings is 1. The van der Waals surface area contributed by atoms with Gasteiger partial charge in [0.05, 0.1) is 0 Å². The van der Waals surface area contributed by atoms with Gasteiger partial charge in [-0.3, -0.25) is 0 Å². The molecule has 0 saturated carbocycles. The summed E-state index contributed by atoms with van der Waals surface area (Å²) >= 11 is 0. The highest BCUT2D eigenvalue weighted by Crippen LogP contribution is 2.33. The van der Waals surface area contributed by atoms with Gasteiger partial charge in [-0.1, -0.05) is 154 Å². The predicted octanol–water partition coefficient (Wildman–Crippen LogP) is 10.8. The third-order valence-corrected chi connectivity index (χ3v) is 6.82. The molecule has 2 heteroatoms. The first kappa shape index (κ1) is 30.9. The number of hydrogen-bond acceptors (Lipinski definition) is 0. The summed E-state index contributed by atoms with van der Waals surface area (Å²) in [5.41, 5.74) is 3.05. The van der Waals surface area contributed by atoms with Gasteiger partial charge in [0.2, 0.25) is 0 Å². The zero-order chi connectivity index (χ0) is 21.9. The van der Waals surface area contributed by atoms with E-state index in [4.69, 9.17) is 0 Å². The van der Waals surface area contributed by atoms with Crippen LogP contribution in [0.25, 0.3) is 0 Å². The summed E-state index contributed by atoms with van der Waals surface area (Å²) in [7, 11) is 3.00. The maximum atomic E-state index is 3.00. The number of aryl methyl sites for hydroxylation is 1. The molecular formula is C29H54ClP. The van der Waals surface area contributed by atoms with Crippen molar-refractivity contribution < 1.29 is 0 Å². The lowest BCUT2D eigenvalue weighted by Gasteiger charge is -2.22. The zero-order valence-electron chi connectivity index (χ0n) is 21.2. The summed E-state index contributed by atoms with van der Waals surface area (Å²) in [6.07, 6.45) is 27.3. The molecule has 1 aromatic carbocycles. The minimum Gasteiger partial charge on any atom is -0.147 e. The fourth-order valence-electron chi connectivity index (χ4n) is 4.58. The molecule has 0 heterocycles. The lowest BCUT2D eigenvalue weighted by atomic mass is 9.93. The van der Waals surface area contributed by atoms with Crippen LogP contribution in [0.3, 0.4) is 0 Å². The Morgan fingerprint density at radius 1 is 0.581 bits per heavy atom. The van der Waals surface area contributed by atoms with Crippen LogP contribution in [0, 0.1) is 0 Å². The van der Waals surface area contributed by atoms with Crippen molar-refractivity contribution in [3.05, 3.63) is 35.4 Å². The van der Waals surface area contributed by atoms with E-state index in [2.05, 4.69) is 54.3 Å². The second kappa shape index (κ2) is 20.5. The molecule has 0 spiro atoms. The van der Waals surface area contributed by atoms with Gasteiger partial charge >= 0.3 is 0 Å². The monoisotopic (exact) mass is 468 g/mol. The standard InChI is InChI=1S/C29H53P.ClH/c1-4-5-6-7-8-9-10-11-12-13-14-15-16-17-18-19-20-21-24-27-25-22-23-26-28(27)29(2,3)30;/h22-23,25-26H,4-21,24,30H2,1-3H3;1H. The summed E-state index contributed by atoms with van der Waals surface area (Å²) < 4.78 is 0. The van der Waals surface area contributed by atoms with Gasteiger partial charge in [0.1, 0.15) is 0 Å². The minimum absolute atomic E-state index is 0. The first-order valence-corrected chi connectivity index (χ1v) is 14.0. The maximum Gasteiger partial charge on any atom is 0.00440 e. The summed E-state index contributed by atoms with van der Waals surface area (Å²) in [4.78, 5) is 0. The van der Waals surface area contributed by atoms with Crippen LogP contribution in [0.4, 0.5) is 0 Å². The molecule has 0 saturated heterocycles. The molecule has 0 N–H and O–H groups in total. The van der Waals surface area contributed by atoms with Crippen molar-refractivity contribution in [2.75, 3.05) is 0 Å². The Bertz CT molecular complexity index is 506. The molecule has 0 aromatic heterocycles. The Labute approximate surface area is 204 Å². The van der Waals surface area contributed by atoms with Crippen molar-refractivity contribution in [1.29, 1.82) is 0 Å². The lowest BCUT2D eigenvalue weighted by molar-refractivity contribution is 0.525. The van der Waals surface area contributed by atoms with Crippen LogP contribution in [0.15, 0.2) is 24.3 Å². The van der Waals surface area contributed by atoms with Crippen molar-refractivity contribution in [2.45, 2.75) is 148 Å². The molecular weight excluding hydrogens is 415 g/mol. The van der Waals surface area contributed by atoms with E-state index in [1.807, 2.05) is 0 Å². The average molecular weight is 469 g/mol. The van der Waals surface area contributed by atoms with E-state index in [0.29, 0.717) is 0 Å². The third kappa shape index (κ3) is 17.1. The molecule has 0 nitrogen and oxygen atoms in total. The van der Waals surface area contributed by atoms with E-state index in [9.17, 15) is 0 Å². The normalized spacial score (nSPS) is 11.5. The molecule has 31 heavy (non-hydrogen) atoms. The lowest BCUT2D eigenvalue weighted by Crippen LogP contribution is -2.10. The molecule has 0 fully saturated rings. The third-order valence-electron chi connectivity index (χ3n) is 6.51. The molecule has 0 aliphatic rings. The molecule has 0 aliphatic heterocycles. The average Bonchev–Trinajstić information content (AvgIpc) is 2.72. The number of unbranched alkanes of at least 4 members (excludes halogenated alkanes) is 17. The van der Waals surface area contributed by atoms with E-state index < -0.39 is 0 Å². The van der Waals surface area contributed by atoms with Gasteiger partial charge in [-0.2, -0.15) is 0 Å². The molecule has 1 aromatic rings. The zero-order valence-corrected chi connectivity index (χ0v) is 23.2. The van der Waals surface area contributed by atoms with Gasteiger partial charge in [-0.15, -0.1) is 21.6 Å². The fourth-order valence-corrected chi connectivity index (χ4v) is 4.87. The van der Waals surface area contributed by atoms with Crippen molar-refractivity contribution in [1.82, 2.24) is 0 Å². The molecule has 182 valence electrons. The van der Waals surface area contributed by atoms with Crippen molar-refractivity contribution in [3.8, 4) is 0 Å². The topological polar surface area (TPSA) is 0 Å². The van der Waals surface area contributed by atoms with Crippen molar-refractivity contribution in [3.63, 3.8) is 0 Å².